The lowest BCUT2D eigenvalue weighted by atomic mass is 10.2. The number of carbonyl (C=O) groups is 1. The predicted octanol–water partition coefficient (Wildman–Crippen LogP) is 2.12. The summed E-state index contributed by atoms with van der Waals surface area (Å²) in [7, 11) is 3.53. The lowest BCUT2D eigenvalue weighted by Crippen LogP contribution is -2.51. The summed E-state index contributed by atoms with van der Waals surface area (Å²) in [5, 5.41) is 3.42. The van der Waals surface area contributed by atoms with Gasteiger partial charge in [-0.15, -0.1) is 24.0 Å². The summed E-state index contributed by atoms with van der Waals surface area (Å²) in [5.41, 5.74) is 0. The highest BCUT2D eigenvalue weighted by Crippen LogP contribution is 2.29. The molecule has 0 unspecified atom stereocenters. The molecule has 0 aromatic carbocycles. The van der Waals surface area contributed by atoms with Gasteiger partial charge in [-0.3, -0.25) is 4.79 Å². The van der Waals surface area contributed by atoms with Crippen molar-refractivity contribution < 1.29 is 4.79 Å². The van der Waals surface area contributed by atoms with Crippen LogP contribution in [-0.2, 0) is 4.79 Å². The maximum atomic E-state index is 11.8. The van der Waals surface area contributed by atoms with Gasteiger partial charge in [-0.1, -0.05) is 13.8 Å². The molecule has 1 fully saturated rings. The molecule has 0 aromatic heterocycles. The van der Waals surface area contributed by atoms with E-state index in [2.05, 4.69) is 42.9 Å². The summed E-state index contributed by atoms with van der Waals surface area (Å²) in [6.07, 6.45) is 0. The van der Waals surface area contributed by atoms with Crippen molar-refractivity contribution in [3.63, 3.8) is 0 Å². The third-order valence-corrected chi connectivity index (χ3v) is 4.55. The Morgan fingerprint density at radius 1 is 1.41 bits per heavy atom. The standard InChI is InChI=1S/C15H30N4OS.HI/c1-12(2)9-16-14(17-10-13(20)18(5)6)19-7-8-21-15(3,4)11-19;/h12H,7-11H2,1-6H3,(H,16,17);1H. The van der Waals surface area contributed by atoms with Crippen LogP contribution >= 0.6 is 35.7 Å². The Kier molecular flexibility index (Phi) is 9.77. The van der Waals surface area contributed by atoms with Crippen LogP contribution in [0.15, 0.2) is 4.99 Å². The first-order valence-electron chi connectivity index (χ1n) is 7.58. The van der Waals surface area contributed by atoms with E-state index in [1.165, 1.54) is 0 Å². The fourth-order valence-corrected chi connectivity index (χ4v) is 3.16. The number of nitrogens with one attached hydrogen (secondary N) is 1. The minimum atomic E-state index is 0. The third-order valence-electron chi connectivity index (χ3n) is 3.26. The molecule has 1 aliphatic rings. The molecule has 5 nitrogen and oxygen atoms in total. The van der Waals surface area contributed by atoms with Gasteiger partial charge in [0.2, 0.25) is 5.91 Å². The Balaban J connectivity index is 0.00000441. The van der Waals surface area contributed by atoms with Gasteiger partial charge in [0.1, 0.15) is 6.54 Å². The third kappa shape index (κ3) is 7.89. The minimum absolute atomic E-state index is 0. The molecule has 1 N–H and O–H groups in total. The largest absolute Gasteiger partial charge is 0.356 e. The monoisotopic (exact) mass is 442 g/mol. The number of amides is 1. The van der Waals surface area contributed by atoms with Gasteiger partial charge in [0, 0.05) is 44.2 Å². The molecule has 7 heteroatoms. The minimum Gasteiger partial charge on any atom is -0.356 e. The van der Waals surface area contributed by atoms with Crippen LogP contribution in [0.5, 0.6) is 0 Å². The van der Waals surface area contributed by atoms with E-state index in [9.17, 15) is 4.79 Å². The van der Waals surface area contributed by atoms with Crippen LogP contribution < -0.4 is 5.32 Å². The number of guanidine groups is 1. The van der Waals surface area contributed by atoms with Crippen molar-refractivity contribution in [2.75, 3.05) is 46.0 Å². The Bertz CT molecular complexity index is 386. The first-order valence-corrected chi connectivity index (χ1v) is 8.57. The van der Waals surface area contributed by atoms with Crippen molar-refractivity contribution in [2.24, 2.45) is 10.9 Å². The molecular weight excluding hydrogens is 411 g/mol. The highest BCUT2D eigenvalue weighted by atomic mass is 127. The van der Waals surface area contributed by atoms with Crippen LogP contribution in [0.25, 0.3) is 0 Å². The van der Waals surface area contributed by atoms with Gasteiger partial charge < -0.3 is 15.1 Å². The van der Waals surface area contributed by atoms with Gasteiger partial charge in [0.05, 0.1) is 0 Å². The van der Waals surface area contributed by atoms with E-state index in [1.807, 2.05) is 11.8 Å². The summed E-state index contributed by atoms with van der Waals surface area (Å²) < 4.78 is 0.226. The zero-order valence-corrected chi connectivity index (χ0v) is 17.8. The second-order valence-corrected chi connectivity index (χ2v) is 8.53. The molecule has 0 atom stereocenters. The second-order valence-electron chi connectivity index (χ2n) is 6.73. The van der Waals surface area contributed by atoms with Crippen molar-refractivity contribution in [1.29, 1.82) is 0 Å². The molecule has 130 valence electrons. The summed E-state index contributed by atoms with van der Waals surface area (Å²) in [6, 6.07) is 0. The molecule has 0 spiro atoms. The van der Waals surface area contributed by atoms with Crippen molar-refractivity contribution >= 4 is 47.6 Å². The average molecular weight is 442 g/mol. The molecule has 1 heterocycles. The zero-order valence-electron chi connectivity index (χ0n) is 14.7. The van der Waals surface area contributed by atoms with Crippen LogP contribution in [0.3, 0.4) is 0 Å². The topological polar surface area (TPSA) is 47.9 Å². The number of carbonyl (C=O) groups excluding carboxylic acids is 1. The second kappa shape index (κ2) is 9.85. The van der Waals surface area contributed by atoms with Crippen molar-refractivity contribution in [2.45, 2.75) is 32.4 Å². The molecule has 0 bridgehead atoms. The van der Waals surface area contributed by atoms with Crippen LogP contribution in [0.2, 0.25) is 0 Å². The molecular formula is C15H31IN4OS. The van der Waals surface area contributed by atoms with Crippen molar-refractivity contribution in [3.05, 3.63) is 0 Å². The molecule has 1 aliphatic heterocycles. The molecule has 1 amide bonds. The van der Waals surface area contributed by atoms with Crippen LogP contribution in [0.1, 0.15) is 27.7 Å². The fourth-order valence-electron chi connectivity index (χ4n) is 2.04. The molecule has 0 saturated carbocycles. The van der Waals surface area contributed by atoms with Gasteiger partial charge in [-0.2, -0.15) is 11.8 Å². The molecule has 0 aromatic rings. The first-order chi connectivity index (χ1) is 9.71. The summed E-state index contributed by atoms with van der Waals surface area (Å²) in [5.74, 6) is 2.54. The maximum absolute atomic E-state index is 11.8. The van der Waals surface area contributed by atoms with E-state index < -0.39 is 0 Å². The van der Waals surface area contributed by atoms with Gasteiger partial charge in [0.15, 0.2) is 5.96 Å². The number of thioether (sulfide) groups is 1. The fraction of sp³-hybridized carbons (Fsp3) is 0.867. The van der Waals surface area contributed by atoms with E-state index in [1.54, 1.807) is 19.0 Å². The zero-order chi connectivity index (χ0) is 16.0. The van der Waals surface area contributed by atoms with E-state index in [-0.39, 0.29) is 41.2 Å². The summed E-state index contributed by atoms with van der Waals surface area (Å²) in [4.78, 5) is 20.2. The number of aliphatic imine (C=N–C) groups is 1. The van der Waals surface area contributed by atoms with E-state index in [4.69, 9.17) is 0 Å². The smallest absolute Gasteiger partial charge is 0.243 e. The number of likely N-dealkylation sites (N-methyl/N-ethyl adjacent to an activating group) is 1. The highest BCUT2D eigenvalue weighted by Gasteiger charge is 2.28. The molecule has 0 aliphatic carbocycles. The van der Waals surface area contributed by atoms with Gasteiger partial charge >= 0.3 is 0 Å². The first kappa shape index (κ1) is 21.8. The Morgan fingerprint density at radius 2 is 2.05 bits per heavy atom. The SMILES string of the molecule is CC(C)CNC(=NCC(=O)N(C)C)N1CCSC(C)(C)C1.I. The summed E-state index contributed by atoms with van der Waals surface area (Å²) in [6.45, 7) is 11.9. The number of rotatable bonds is 4. The maximum Gasteiger partial charge on any atom is 0.243 e. The Labute approximate surface area is 156 Å². The van der Waals surface area contributed by atoms with E-state index in [0.29, 0.717) is 5.92 Å². The van der Waals surface area contributed by atoms with Crippen LogP contribution in [0, 0.1) is 5.92 Å². The van der Waals surface area contributed by atoms with Crippen molar-refractivity contribution in [3.8, 4) is 0 Å². The average Bonchev–Trinajstić information content (AvgIpc) is 2.36. The Morgan fingerprint density at radius 3 is 2.55 bits per heavy atom. The predicted molar refractivity (Wildman–Crippen MR) is 107 cm³/mol. The van der Waals surface area contributed by atoms with Crippen LogP contribution in [-0.4, -0.2) is 72.4 Å². The van der Waals surface area contributed by atoms with Gasteiger partial charge in [-0.05, 0) is 19.8 Å². The molecule has 1 saturated heterocycles. The van der Waals surface area contributed by atoms with E-state index >= 15 is 0 Å². The number of hydrogen-bond acceptors (Lipinski definition) is 3. The van der Waals surface area contributed by atoms with Gasteiger partial charge in [0.25, 0.3) is 0 Å². The van der Waals surface area contributed by atoms with Gasteiger partial charge in [-0.25, -0.2) is 4.99 Å². The number of nitrogens with zero attached hydrogens (tertiary/aromatic N) is 3. The quantitative estimate of drug-likeness (QED) is 0.412. The number of hydrogen-bond donors (Lipinski definition) is 1. The number of halogens is 1. The van der Waals surface area contributed by atoms with Crippen molar-refractivity contribution in [1.82, 2.24) is 15.1 Å². The lowest BCUT2D eigenvalue weighted by Gasteiger charge is -2.39. The highest BCUT2D eigenvalue weighted by molar-refractivity contribution is 14.0. The molecule has 0 radical (unpaired) electrons. The Hall–Kier alpha value is -0.180. The lowest BCUT2D eigenvalue weighted by molar-refractivity contribution is -0.127. The molecule has 22 heavy (non-hydrogen) atoms. The van der Waals surface area contributed by atoms with Crippen LogP contribution in [0.4, 0.5) is 0 Å². The van der Waals surface area contributed by atoms with E-state index in [0.717, 1.165) is 31.3 Å². The summed E-state index contributed by atoms with van der Waals surface area (Å²) >= 11 is 2.00. The molecule has 1 rings (SSSR count). The normalized spacial score (nSPS) is 18.0.